The molecule has 0 saturated heterocycles. The van der Waals surface area contributed by atoms with E-state index in [4.69, 9.17) is 27.9 Å². The summed E-state index contributed by atoms with van der Waals surface area (Å²) in [4.78, 5) is 21.7. The SMILES string of the molecule is CC(=O)Nc1ccc(OC(=O)CCl)cc1Cl. The number of esters is 1. The minimum Gasteiger partial charge on any atom is -0.426 e. The second-order valence-electron chi connectivity index (χ2n) is 2.93. The van der Waals surface area contributed by atoms with Gasteiger partial charge in [-0.05, 0) is 12.1 Å². The Bertz CT molecular complexity index is 421. The van der Waals surface area contributed by atoms with Gasteiger partial charge < -0.3 is 10.1 Å². The van der Waals surface area contributed by atoms with Crippen molar-refractivity contribution >= 4 is 40.8 Å². The lowest BCUT2D eigenvalue weighted by atomic mass is 10.3. The lowest BCUT2D eigenvalue weighted by Crippen LogP contribution is -2.09. The van der Waals surface area contributed by atoms with Crippen molar-refractivity contribution in [1.29, 1.82) is 0 Å². The molecule has 1 aromatic carbocycles. The number of benzene rings is 1. The van der Waals surface area contributed by atoms with Gasteiger partial charge in [-0.15, -0.1) is 11.6 Å². The highest BCUT2D eigenvalue weighted by Crippen LogP contribution is 2.26. The number of anilines is 1. The molecule has 1 N–H and O–H groups in total. The van der Waals surface area contributed by atoms with Crippen LogP contribution in [0.2, 0.25) is 5.02 Å². The Hall–Kier alpha value is -1.26. The summed E-state index contributed by atoms with van der Waals surface area (Å²) in [6.45, 7) is 1.37. The number of carbonyl (C=O) groups is 2. The fourth-order valence-corrected chi connectivity index (χ4v) is 1.28. The Morgan fingerprint density at radius 3 is 2.62 bits per heavy atom. The lowest BCUT2D eigenvalue weighted by Gasteiger charge is -2.07. The first kappa shape index (κ1) is 12.8. The smallest absolute Gasteiger partial charge is 0.326 e. The predicted molar refractivity (Wildman–Crippen MR) is 62.1 cm³/mol. The molecule has 0 aromatic heterocycles. The average molecular weight is 262 g/mol. The summed E-state index contributed by atoms with van der Waals surface area (Å²) < 4.78 is 4.84. The summed E-state index contributed by atoms with van der Waals surface area (Å²) in [6.07, 6.45) is 0. The third kappa shape index (κ3) is 3.72. The number of ether oxygens (including phenoxy) is 1. The molecule has 86 valence electrons. The van der Waals surface area contributed by atoms with Crippen LogP contribution in [-0.2, 0) is 9.59 Å². The third-order valence-corrected chi connectivity index (χ3v) is 2.12. The summed E-state index contributed by atoms with van der Waals surface area (Å²) in [5.41, 5.74) is 0.458. The highest BCUT2D eigenvalue weighted by Gasteiger charge is 2.07. The van der Waals surface area contributed by atoms with Crippen LogP contribution in [0.4, 0.5) is 5.69 Å². The molecule has 4 nitrogen and oxygen atoms in total. The molecule has 0 heterocycles. The fourth-order valence-electron chi connectivity index (χ4n) is 1.01. The molecule has 0 radical (unpaired) electrons. The number of alkyl halides is 1. The van der Waals surface area contributed by atoms with Crippen molar-refractivity contribution in [3.8, 4) is 5.75 Å². The van der Waals surface area contributed by atoms with Crippen LogP contribution in [-0.4, -0.2) is 17.8 Å². The van der Waals surface area contributed by atoms with Crippen LogP contribution >= 0.6 is 23.2 Å². The van der Waals surface area contributed by atoms with Gasteiger partial charge >= 0.3 is 5.97 Å². The Labute approximate surface area is 102 Å². The number of hydrogen-bond donors (Lipinski definition) is 1. The van der Waals surface area contributed by atoms with Crippen molar-refractivity contribution in [2.45, 2.75) is 6.92 Å². The molecule has 0 saturated carbocycles. The summed E-state index contributed by atoms with van der Waals surface area (Å²) >= 11 is 11.1. The summed E-state index contributed by atoms with van der Waals surface area (Å²) in [5, 5.41) is 2.82. The van der Waals surface area contributed by atoms with Crippen LogP contribution in [0.1, 0.15) is 6.92 Å². The molecule has 0 aliphatic rings. The maximum Gasteiger partial charge on any atom is 0.326 e. The molecule has 1 aromatic rings. The van der Waals surface area contributed by atoms with Crippen LogP contribution in [0, 0.1) is 0 Å². The van der Waals surface area contributed by atoms with Crippen LogP contribution in [0.5, 0.6) is 5.75 Å². The zero-order chi connectivity index (χ0) is 12.1. The minimum atomic E-state index is -0.565. The molecule has 1 amide bonds. The molecule has 0 atom stereocenters. The second kappa shape index (κ2) is 5.72. The number of nitrogens with one attached hydrogen (secondary N) is 1. The Morgan fingerprint density at radius 1 is 1.44 bits per heavy atom. The average Bonchev–Trinajstić information content (AvgIpc) is 2.21. The zero-order valence-electron chi connectivity index (χ0n) is 8.42. The van der Waals surface area contributed by atoms with Crippen LogP contribution in [0.3, 0.4) is 0 Å². The summed E-state index contributed by atoms with van der Waals surface area (Å²) in [6, 6.07) is 4.49. The maximum atomic E-state index is 10.9. The van der Waals surface area contributed by atoms with Gasteiger partial charge in [-0.2, -0.15) is 0 Å². The molecular formula is C10H9Cl2NO3. The van der Waals surface area contributed by atoms with Crippen molar-refractivity contribution in [3.63, 3.8) is 0 Å². The molecule has 1 rings (SSSR count). The van der Waals surface area contributed by atoms with Gasteiger partial charge in [-0.3, -0.25) is 9.59 Å². The normalized spacial score (nSPS) is 9.69. The van der Waals surface area contributed by atoms with E-state index in [9.17, 15) is 9.59 Å². The maximum absolute atomic E-state index is 10.9. The standard InChI is InChI=1S/C10H9Cl2NO3/c1-6(14)13-9-3-2-7(4-8(9)12)16-10(15)5-11/h2-4H,5H2,1H3,(H,13,14). The molecule has 0 fully saturated rings. The minimum absolute atomic E-state index is 0.229. The summed E-state index contributed by atoms with van der Waals surface area (Å²) in [5.74, 6) is -0.743. The largest absolute Gasteiger partial charge is 0.426 e. The van der Waals surface area contributed by atoms with Crippen molar-refractivity contribution in [1.82, 2.24) is 0 Å². The molecule has 0 aliphatic heterocycles. The zero-order valence-corrected chi connectivity index (χ0v) is 9.93. The van der Waals surface area contributed by atoms with E-state index in [2.05, 4.69) is 5.32 Å². The molecule has 0 bridgehead atoms. The van der Waals surface area contributed by atoms with Crippen LogP contribution in [0.15, 0.2) is 18.2 Å². The van der Waals surface area contributed by atoms with Crippen molar-refractivity contribution in [2.75, 3.05) is 11.2 Å². The predicted octanol–water partition coefficient (Wildman–Crippen LogP) is 2.44. The number of rotatable bonds is 3. The molecule has 0 unspecified atom stereocenters. The van der Waals surface area contributed by atoms with Gasteiger partial charge in [-0.1, -0.05) is 11.6 Å². The Morgan fingerprint density at radius 2 is 2.12 bits per heavy atom. The molecular weight excluding hydrogens is 253 g/mol. The van der Waals surface area contributed by atoms with Gasteiger partial charge in [0.05, 0.1) is 10.7 Å². The van der Waals surface area contributed by atoms with Gasteiger partial charge in [0.15, 0.2) is 0 Å². The first-order valence-electron chi connectivity index (χ1n) is 4.36. The summed E-state index contributed by atoms with van der Waals surface area (Å²) in [7, 11) is 0. The molecule has 0 spiro atoms. The van der Waals surface area contributed by atoms with Gasteiger partial charge in [0.2, 0.25) is 5.91 Å². The lowest BCUT2D eigenvalue weighted by molar-refractivity contribution is -0.131. The van der Waals surface area contributed by atoms with Gasteiger partial charge in [0.25, 0.3) is 0 Å². The van der Waals surface area contributed by atoms with E-state index < -0.39 is 5.97 Å². The van der Waals surface area contributed by atoms with E-state index in [1.165, 1.54) is 19.1 Å². The van der Waals surface area contributed by atoms with Crippen molar-refractivity contribution in [2.24, 2.45) is 0 Å². The number of hydrogen-bond acceptors (Lipinski definition) is 3. The highest BCUT2D eigenvalue weighted by atomic mass is 35.5. The first-order valence-corrected chi connectivity index (χ1v) is 5.28. The van der Waals surface area contributed by atoms with E-state index in [0.29, 0.717) is 5.69 Å². The van der Waals surface area contributed by atoms with Gasteiger partial charge in [-0.25, -0.2) is 0 Å². The number of halogens is 2. The van der Waals surface area contributed by atoms with Crippen LogP contribution in [0.25, 0.3) is 0 Å². The number of carbonyl (C=O) groups excluding carboxylic acids is 2. The van der Waals surface area contributed by atoms with E-state index in [0.717, 1.165) is 0 Å². The fraction of sp³-hybridized carbons (Fsp3) is 0.200. The van der Waals surface area contributed by atoms with Crippen molar-refractivity contribution in [3.05, 3.63) is 23.2 Å². The van der Waals surface area contributed by atoms with E-state index in [1.54, 1.807) is 6.07 Å². The Kier molecular flexibility index (Phi) is 4.58. The van der Waals surface area contributed by atoms with E-state index in [-0.39, 0.29) is 22.6 Å². The second-order valence-corrected chi connectivity index (χ2v) is 3.61. The molecule has 16 heavy (non-hydrogen) atoms. The van der Waals surface area contributed by atoms with Crippen LogP contribution < -0.4 is 10.1 Å². The van der Waals surface area contributed by atoms with Gasteiger partial charge in [0.1, 0.15) is 11.6 Å². The Balaban J connectivity index is 2.82. The van der Waals surface area contributed by atoms with Crippen molar-refractivity contribution < 1.29 is 14.3 Å². The topological polar surface area (TPSA) is 55.4 Å². The molecule has 0 aliphatic carbocycles. The number of amides is 1. The first-order chi connectivity index (χ1) is 7.52. The van der Waals surface area contributed by atoms with E-state index in [1.807, 2.05) is 0 Å². The van der Waals surface area contributed by atoms with E-state index >= 15 is 0 Å². The monoisotopic (exact) mass is 261 g/mol. The van der Waals surface area contributed by atoms with Gasteiger partial charge in [0, 0.05) is 13.0 Å². The quantitative estimate of drug-likeness (QED) is 0.517. The molecule has 6 heteroatoms. The highest BCUT2D eigenvalue weighted by molar-refractivity contribution is 6.33. The third-order valence-electron chi connectivity index (χ3n) is 1.59.